The molecule has 2 N–H and O–H groups in total. The average Bonchev–Trinajstić information content (AvgIpc) is 2.68. The van der Waals surface area contributed by atoms with E-state index in [0.717, 1.165) is 28.7 Å². The quantitative estimate of drug-likeness (QED) is 0.863. The molecule has 0 amide bonds. The molecular formula is C11H12BrN5. The molecule has 0 atom stereocenters. The third-order valence-electron chi connectivity index (χ3n) is 3.18. The first kappa shape index (κ1) is 10.7. The number of aromatic nitrogens is 4. The van der Waals surface area contributed by atoms with E-state index >= 15 is 0 Å². The number of tetrazole rings is 1. The summed E-state index contributed by atoms with van der Waals surface area (Å²) in [5.74, 6) is 0.786. The van der Waals surface area contributed by atoms with Crippen LogP contribution in [0.1, 0.15) is 25.3 Å². The van der Waals surface area contributed by atoms with Crippen molar-refractivity contribution in [3.05, 3.63) is 22.7 Å². The topological polar surface area (TPSA) is 69.6 Å². The first-order valence-electron chi connectivity index (χ1n) is 5.59. The lowest BCUT2D eigenvalue weighted by molar-refractivity contribution is 0.287. The fraction of sp³-hybridized carbons (Fsp3) is 0.364. The zero-order chi connectivity index (χ0) is 11.8. The molecule has 1 aliphatic rings. The van der Waals surface area contributed by atoms with Gasteiger partial charge in [0.2, 0.25) is 0 Å². The standard InChI is InChI=1S/C11H12BrN5/c12-10-8(5-2-6-9(10)13)11-14-15-16-17(11)7-3-1-4-7/h2,5-7H,1,3-4,13H2. The summed E-state index contributed by atoms with van der Waals surface area (Å²) < 4.78 is 2.76. The Morgan fingerprint density at radius 2 is 2.18 bits per heavy atom. The van der Waals surface area contributed by atoms with Gasteiger partial charge in [-0.1, -0.05) is 6.07 Å². The predicted molar refractivity (Wildman–Crippen MR) is 68.3 cm³/mol. The maximum absolute atomic E-state index is 5.87. The number of rotatable bonds is 2. The molecule has 1 heterocycles. The number of anilines is 1. The molecular weight excluding hydrogens is 282 g/mol. The van der Waals surface area contributed by atoms with Crippen LogP contribution in [0.15, 0.2) is 22.7 Å². The molecule has 17 heavy (non-hydrogen) atoms. The van der Waals surface area contributed by atoms with Crippen molar-refractivity contribution in [2.24, 2.45) is 0 Å². The van der Waals surface area contributed by atoms with E-state index in [1.54, 1.807) is 0 Å². The van der Waals surface area contributed by atoms with Crippen molar-refractivity contribution in [3.8, 4) is 11.4 Å². The van der Waals surface area contributed by atoms with Crippen LogP contribution < -0.4 is 5.73 Å². The Labute approximate surface area is 107 Å². The van der Waals surface area contributed by atoms with Gasteiger partial charge >= 0.3 is 0 Å². The van der Waals surface area contributed by atoms with Crippen molar-refractivity contribution in [3.63, 3.8) is 0 Å². The van der Waals surface area contributed by atoms with E-state index in [-0.39, 0.29) is 0 Å². The van der Waals surface area contributed by atoms with Crippen molar-refractivity contribution < 1.29 is 0 Å². The molecule has 0 unspecified atom stereocenters. The molecule has 6 heteroatoms. The number of hydrogen-bond donors (Lipinski definition) is 1. The Hall–Kier alpha value is -1.43. The van der Waals surface area contributed by atoms with Gasteiger partial charge in [0, 0.05) is 11.3 Å². The van der Waals surface area contributed by atoms with E-state index in [1.807, 2.05) is 22.9 Å². The van der Waals surface area contributed by atoms with Crippen LogP contribution in [0.3, 0.4) is 0 Å². The van der Waals surface area contributed by atoms with E-state index in [4.69, 9.17) is 5.73 Å². The van der Waals surface area contributed by atoms with Crippen LogP contribution in [0.25, 0.3) is 11.4 Å². The van der Waals surface area contributed by atoms with Gasteiger partial charge in [0.25, 0.3) is 0 Å². The van der Waals surface area contributed by atoms with Gasteiger partial charge in [-0.15, -0.1) is 5.10 Å². The first-order chi connectivity index (χ1) is 8.27. The molecule has 3 rings (SSSR count). The summed E-state index contributed by atoms with van der Waals surface area (Å²) in [4.78, 5) is 0. The molecule has 88 valence electrons. The lowest BCUT2D eigenvalue weighted by Crippen LogP contribution is -2.19. The fourth-order valence-electron chi connectivity index (χ4n) is 1.97. The molecule has 0 bridgehead atoms. The van der Waals surface area contributed by atoms with Gasteiger partial charge in [-0.05, 0) is 57.8 Å². The molecule has 0 spiro atoms. The second-order valence-corrected chi connectivity index (χ2v) is 5.03. The van der Waals surface area contributed by atoms with Crippen LogP contribution >= 0.6 is 15.9 Å². The molecule has 0 saturated heterocycles. The Balaban J connectivity index is 2.09. The molecule has 1 aromatic heterocycles. The highest BCUT2D eigenvalue weighted by molar-refractivity contribution is 9.10. The van der Waals surface area contributed by atoms with Crippen molar-refractivity contribution >= 4 is 21.6 Å². The van der Waals surface area contributed by atoms with E-state index in [9.17, 15) is 0 Å². The lowest BCUT2D eigenvalue weighted by Gasteiger charge is -2.26. The molecule has 2 aromatic rings. The minimum atomic E-state index is 0.438. The Kier molecular flexibility index (Phi) is 2.58. The summed E-state index contributed by atoms with van der Waals surface area (Å²) in [7, 11) is 0. The van der Waals surface area contributed by atoms with Crippen molar-refractivity contribution in [1.82, 2.24) is 20.2 Å². The molecule has 1 fully saturated rings. The smallest absolute Gasteiger partial charge is 0.183 e. The number of benzene rings is 1. The summed E-state index contributed by atoms with van der Waals surface area (Å²) in [5, 5.41) is 12.0. The van der Waals surface area contributed by atoms with Gasteiger partial charge in [-0.2, -0.15) is 0 Å². The monoisotopic (exact) mass is 293 g/mol. The summed E-state index contributed by atoms with van der Waals surface area (Å²) in [6.07, 6.45) is 3.55. The van der Waals surface area contributed by atoms with Gasteiger partial charge in [0.15, 0.2) is 5.82 Å². The number of nitrogens with two attached hydrogens (primary N) is 1. The van der Waals surface area contributed by atoms with Crippen molar-refractivity contribution in [2.75, 3.05) is 5.73 Å². The zero-order valence-corrected chi connectivity index (χ0v) is 10.8. The second-order valence-electron chi connectivity index (χ2n) is 4.24. The first-order valence-corrected chi connectivity index (χ1v) is 6.39. The summed E-state index contributed by atoms with van der Waals surface area (Å²) >= 11 is 3.49. The van der Waals surface area contributed by atoms with Crippen LogP contribution in [0.5, 0.6) is 0 Å². The number of nitrogens with zero attached hydrogens (tertiary/aromatic N) is 4. The zero-order valence-electron chi connectivity index (χ0n) is 9.17. The van der Waals surface area contributed by atoms with Crippen LogP contribution in [-0.4, -0.2) is 20.2 Å². The van der Waals surface area contributed by atoms with Crippen LogP contribution in [0.2, 0.25) is 0 Å². The van der Waals surface area contributed by atoms with Crippen molar-refractivity contribution in [2.45, 2.75) is 25.3 Å². The van der Waals surface area contributed by atoms with Crippen LogP contribution in [0.4, 0.5) is 5.69 Å². The summed E-state index contributed by atoms with van der Waals surface area (Å²) in [5.41, 5.74) is 7.52. The molecule has 1 saturated carbocycles. The second kappa shape index (κ2) is 4.10. The highest BCUT2D eigenvalue weighted by Gasteiger charge is 2.25. The normalized spacial score (nSPS) is 15.8. The molecule has 1 aromatic carbocycles. The van der Waals surface area contributed by atoms with Gasteiger partial charge in [0.1, 0.15) is 0 Å². The van der Waals surface area contributed by atoms with Crippen molar-refractivity contribution in [1.29, 1.82) is 0 Å². The van der Waals surface area contributed by atoms with E-state index in [2.05, 4.69) is 31.5 Å². The third kappa shape index (κ3) is 1.72. The summed E-state index contributed by atoms with van der Waals surface area (Å²) in [6, 6.07) is 6.18. The minimum Gasteiger partial charge on any atom is -0.398 e. The lowest BCUT2D eigenvalue weighted by atomic mass is 9.93. The van der Waals surface area contributed by atoms with Gasteiger partial charge in [-0.3, -0.25) is 0 Å². The summed E-state index contributed by atoms with van der Waals surface area (Å²) in [6.45, 7) is 0. The van der Waals surface area contributed by atoms with Gasteiger partial charge < -0.3 is 5.73 Å². The van der Waals surface area contributed by atoms with Gasteiger partial charge in [-0.25, -0.2) is 4.68 Å². The van der Waals surface area contributed by atoms with E-state index in [0.29, 0.717) is 11.7 Å². The maximum Gasteiger partial charge on any atom is 0.183 e. The largest absolute Gasteiger partial charge is 0.398 e. The molecule has 5 nitrogen and oxygen atoms in total. The number of nitrogen functional groups attached to an aromatic ring is 1. The average molecular weight is 294 g/mol. The molecule has 0 radical (unpaired) electrons. The molecule has 1 aliphatic carbocycles. The molecule has 0 aliphatic heterocycles. The van der Waals surface area contributed by atoms with E-state index < -0.39 is 0 Å². The van der Waals surface area contributed by atoms with Crippen LogP contribution in [-0.2, 0) is 0 Å². The third-order valence-corrected chi connectivity index (χ3v) is 4.07. The van der Waals surface area contributed by atoms with E-state index in [1.165, 1.54) is 6.42 Å². The Morgan fingerprint density at radius 1 is 1.35 bits per heavy atom. The Morgan fingerprint density at radius 3 is 2.88 bits per heavy atom. The predicted octanol–water partition coefficient (Wildman–Crippen LogP) is 2.41. The minimum absolute atomic E-state index is 0.438. The fourth-order valence-corrected chi connectivity index (χ4v) is 2.41. The Bertz CT molecular complexity index is 547. The maximum atomic E-state index is 5.87. The van der Waals surface area contributed by atoms with Crippen LogP contribution in [0, 0.1) is 0 Å². The highest BCUT2D eigenvalue weighted by atomic mass is 79.9. The number of halogens is 1. The SMILES string of the molecule is Nc1cccc(-c2nnnn2C2CCC2)c1Br. The highest BCUT2D eigenvalue weighted by Crippen LogP contribution is 2.36. The van der Waals surface area contributed by atoms with Gasteiger partial charge in [0.05, 0.1) is 10.5 Å². The number of hydrogen-bond acceptors (Lipinski definition) is 4.